The first-order valence-electron chi connectivity index (χ1n) is 7.03. The fourth-order valence-electron chi connectivity index (χ4n) is 2.18. The highest BCUT2D eigenvalue weighted by Crippen LogP contribution is 2.33. The van der Waals surface area contributed by atoms with Crippen LogP contribution in [0.2, 0.25) is 0 Å². The minimum atomic E-state index is 0.191. The smallest absolute Gasteiger partial charge is 0.228 e. The second-order valence-corrected chi connectivity index (χ2v) is 5.26. The maximum atomic E-state index is 5.78. The highest BCUT2D eigenvalue weighted by Gasteiger charge is 2.28. The molecule has 2 aromatic heterocycles. The van der Waals surface area contributed by atoms with Gasteiger partial charge in [-0.3, -0.25) is 0 Å². The lowest BCUT2D eigenvalue weighted by molar-refractivity contribution is 0.685. The quantitative estimate of drug-likeness (QED) is 0.875. The molecule has 1 unspecified atom stereocenters. The number of pyridine rings is 1. The molecule has 6 nitrogen and oxygen atoms in total. The molecule has 1 aliphatic carbocycles. The Morgan fingerprint density at radius 1 is 1.29 bits per heavy atom. The molecule has 0 radical (unpaired) electrons. The minimum Gasteiger partial charge on any atom is -0.368 e. The molecule has 1 fully saturated rings. The number of hydrogen-bond donors (Lipinski definition) is 2. The number of anilines is 2. The highest BCUT2D eigenvalue weighted by molar-refractivity contribution is 5.56. The van der Waals surface area contributed by atoms with Crippen LogP contribution in [0, 0.1) is 5.92 Å². The largest absolute Gasteiger partial charge is 0.368 e. The van der Waals surface area contributed by atoms with E-state index in [2.05, 4.69) is 38.8 Å². The molecule has 0 bridgehead atoms. The van der Waals surface area contributed by atoms with Gasteiger partial charge in [-0.1, -0.05) is 12.6 Å². The average Bonchev–Trinajstić information content (AvgIpc) is 3.31. The van der Waals surface area contributed by atoms with E-state index >= 15 is 0 Å². The number of rotatable bonds is 5. The Kier molecular flexibility index (Phi) is 3.51. The lowest BCUT2D eigenvalue weighted by atomic mass is 10.2. The first kappa shape index (κ1) is 13.5. The van der Waals surface area contributed by atoms with E-state index in [0.29, 0.717) is 29.4 Å². The summed E-state index contributed by atoms with van der Waals surface area (Å²) in [6, 6.07) is 5.94. The van der Waals surface area contributed by atoms with Crippen LogP contribution < -0.4 is 11.1 Å². The third kappa shape index (κ3) is 3.16. The van der Waals surface area contributed by atoms with Crippen molar-refractivity contribution in [2.75, 3.05) is 11.1 Å². The van der Waals surface area contributed by atoms with Crippen molar-refractivity contribution in [3.05, 3.63) is 30.5 Å². The molecular formula is C15H18N6. The molecule has 3 N–H and O–H groups in total. The van der Waals surface area contributed by atoms with Crippen molar-refractivity contribution >= 4 is 18.0 Å². The fraction of sp³-hybridized carbons (Fsp3) is 0.333. The van der Waals surface area contributed by atoms with Crippen LogP contribution in [0.5, 0.6) is 0 Å². The molecule has 108 valence electrons. The van der Waals surface area contributed by atoms with Crippen LogP contribution in [0.3, 0.4) is 0 Å². The highest BCUT2D eigenvalue weighted by atomic mass is 15.2. The van der Waals surface area contributed by atoms with E-state index < -0.39 is 0 Å². The number of hydrogen-bond acceptors (Lipinski definition) is 6. The number of nitrogen functional groups attached to an aromatic ring is 1. The van der Waals surface area contributed by atoms with Gasteiger partial charge in [-0.2, -0.15) is 15.0 Å². The number of aromatic nitrogens is 4. The van der Waals surface area contributed by atoms with E-state index in [0.717, 1.165) is 5.69 Å². The van der Waals surface area contributed by atoms with Gasteiger partial charge in [0.25, 0.3) is 0 Å². The van der Waals surface area contributed by atoms with E-state index in [1.54, 1.807) is 6.08 Å². The Labute approximate surface area is 123 Å². The van der Waals surface area contributed by atoms with Crippen LogP contribution in [0.25, 0.3) is 17.6 Å². The molecule has 1 aliphatic rings. The van der Waals surface area contributed by atoms with E-state index in [1.165, 1.54) is 12.8 Å². The van der Waals surface area contributed by atoms with Crippen LogP contribution >= 0.6 is 0 Å². The first-order chi connectivity index (χ1) is 10.2. The Hall–Kier alpha value is -2.50. The summed E-state index contributed by atoms with van der Waals surface area (Å²) in [5.41, 5.74) is 7.21. The molecule has 2 aromatic rings. The second-order valence-electron chi connectivity index (χ2n) is 5.26. The molecule has 1 atom stereocenters. The Bertz CT molecular complexity index is 665. The molecule has 1 saturated carbocycles. The normalized spacial score (nSPS) is 15.5. The standard InChI is InChI=1S/C15H18N6/c1-3-11-5-4-6-12(18-11)13-19-14(16)21-15(20-13)17-9(2)10-7-8-10/h3-6,9-10H,1,7-8H2,2H3,(H3,16,17,19,20,21). The van der Waals surface area contributed by atoms with Crippen LogP contribution in [0.1, 0.15) is 25.5 Å². The van der Waals surface area contributed by atoms with E-state index in [-0.39, 0.29) is 5.95 Å². The van der Waals surface area contributed by atoms with Gasteiger partial charge in [-0.25, -0.2) is 4.98 Å². The molecule has 0 aromatic carbocycles. The molecule has 21 heavy (non-hydrogen) atoms. The lowest BCUT2D eigenvalue weighted by Gasteiger charge is -2.13. The third-order valence-electron chi connectivity index (χ3n) is 3.55. The van der Waals surface area contributed by atoms with Crippen LogP contribution in [-0.2, 0) is 0 Å². The molecule has 2 heterocycles. The van der Waals surface area contributed by atoms with Crippen molar-refractivity contribution in [1.29, 1.82) is 0 Å². The summed E-state index contributed by atoms with van der Waals surface area (Å²) in [6.45, 7) is 5.85. The van der Waals surface area contributed by atoms with E-state index in [4.69, 9.17) is 5.73 Å². The molecule has 0 aliphatic heterocycles. The summed E-state index contributed by atoms with van der Waals surface area (Å²) in [7, 11) is 0. The molecule has 0 spiro atoms. The van der Waals surface area contributed by atoms with Crippen LogP contribution in [0.4, 0.5) is 11.9 Å². The number of nitrogens with one attached hydrogen (secondary N) is 1. The van der Waals surface area contributed by atoms with Gasteiger partial charge in [0, 0.05) is 6.04 Å². The monoisotopic (exact) mass is 282 g/mol. The number of nitrogens with two attached hydrogens (primary N) is 1. The second kappa shape index (κ2) is 5.47. The molecule has 3 rings (SSSR count). The predicted molar refractivity (Wildman–Crippen MR) is 83.4 cm³/mol. The van der Waals surface area contributed by atoms with Crippen LogP contribution in [-0.4, -0.2) is 26.0 Å². The summed E-state index contributed by atoms with van der Waals surface area (Å²) in [5.74, 6) is 1.87. The zero-order chi connectivity index (χ0) is 14.8. The third-order valence-corrected chi connectivity index (χ3v) is 3.55. The fourth-order valence-corrected chi connectivity index (χ4v) is 2.18. The summed E-state index contributed by atoms with van der Waals surface area (Å²) < 4.78 is 0. The first-order valence-corrected chi connectivity index (χ1v) is 7.03. The SMILES string of the molecule is C=Cc1cccc(-c2nc(N)nc(NC(C)C3CC3)n2)n1. The van der Waals surface area contributed by atoms with Crippen molar-refractivity contribution in [1.82, 2.24) is 19.9 Å². The minimum absolute atomic E-state index is 0.191. The van der Waals surface area contributed by atoms with Crippen molar-refractivity contribution in [3.8, 4) is 11.5 Å². The zero-order valence-electron chi connectivity index (χ0n) is 12.0. The Morgan fingerprint density at radius 2 is 2.10 bits per heavy atom. The molecule has 0 amide bonds. The lowest BCUT2D eigenvalue weighted by Crippen LogP contribution is -2.20. The summed E-state index contributed by atoms with van der Waals surface area (Å²) >= 11 is 0. The summed E-state index contributed by atoms with van der Waals surface area (Å²) in [4.78, 5) is 17.2. The summed E-state index contributed by atoms with van der Waals surface area (Å²) in [6.07, 6.45) is 4.19. The average molecular weight is 282 g/mol. The summed E-state index contributed by atoms with van der Waals surface area (Å²) in [5, 5.41) is 3.29. The molecule has 6 heteroatoms. The van der Waals surface area contributed by atoms with E-state index in [1.807, 2.05) is 18.2 Å². The van der Waals surface area contributed by atoms with Gasteiger partial charge in [-0.05, 0) is 43.9 Å². The maximum absolute atomic E-state index is 5.78. The van der Waals surface area contributed by atoms with Gasteiger partial charge >= 0.3 is 0 Å². The maximum Gasteiger partial charge on any atom is 0.228 e. The van der Waals surface area contributed by atoms with Crippen molar-refractivity contribution in [2.45, 2.75) is 25.8 Å². The molecular weight excluding hydrogens is 264 g/mol. The Balaban J connectivity index is 1.90. The van der Waals surface area contributed by atoms with Gasteiger partial charge in [-0.15, -0.1) is 0 Å². The van der Waals surface area contributed by atoms with Gasteiger partial charge in [0.2, 0.25) is 11.9 Å². The van der Waals surface area contributed by atoms with Gasteiger partial charge < -0.3 is 11.1 Å². The molecule has 0 saturated heterocycles. The zero-order valence-corrected chi connectivity index (χ0v) is 12.0. The van der Waals surface area contributed by atoms with Crippen molar-refractivity contribution < 1.29 is 0 Å². The van der Waals surface area contributed by atoms with Gasteiger partial charge in [0.05, 0.1) is 5.69 Å². The van der Waals surface area contributed by atoms with Crippen molar-refractivity contribution in [2.24, 2.45) is 5.92 Å². The topological polar surface area (TPSA) is 89.6 Å². The number of nitrogens with zero attached hydrogens (tertiary/aromatic N) is 4. The van der Waals surface area contributed by atoms with E-state index in [9.17, 15) is 0 Å². The predicted octanol–water partition coefficient (Wildman–Crippen LogP) is 2.37. The van der Waals surface area contributed by atoms with Gasteiger partial charge in [0.15, 0.2) is 5.82 Å². The van der Waals surface area contributed by atoms with Gasteiger partial charge in [0.1, 0.15) is 5.69 Å². The van der Waals surface area contributed by atoms with Crippen LogP contribution in [0.15, 0.2) is 24.8 Å². The van der Waals surface area contributed by atoms with Crippen molar-refractivity contribution in [3.63, 3.8) is 0 Å². The Morgan fingerprint density at radius 3 is 2.81 bits per heavy atom.